The summed E-state index contributed by atoms with van der Waals surface area (Å²) in [5.74, 6) is -0.344. The third kappa shape index (κ3) is 4.15. The highest BCUT2D eigenvalue weighted by atomic mass is 79.9. The summed E-state index contributed by atoms with van der Waals surface area (Å²) in [4.78, 5) is 11.5. The van der Waals surface area contributed by atoms with E-state index in [2.05, 4.69) is 36.6 Å². The van der Waals surface area contributed by atoms with Gasteiger partial charge in [-0.1, -0.05) is 29.8 Å². The van der Waals surface area contributed by atoms with Crippen LogP contribution in [-0.2, 0) is 14.8 Å². The van der Waals surface area contributed by atoms with Crippen LogP contribution in [0.2, 0.25) is 0 Å². The number of Topliss-reactive ketones (excluding diaryl/α,β-unsaturated/α-hetero) is 1. The van der Waals surface area contributed by atoms with Crippen molar-refractivity contribution in [3.8, 4) is 0 Å². The Labute approximate surface area is 123 Å². The van der Waals surface area contributed by atoms with Crippen molar-refractivity contribution in [2.24, 2.45) is 5.92 Å². The molecule has 0 atom stereocenters. The number of hydrogen-bond donors (Lipinski definition) is 1. The normalized spacial score (nSPS) is 11.8. The van der Waals surface area contributed by atoms with E-state index in [-0.39, 0.29) is 23.1 Å². The summed E-state index contributed by atoms with van der Waals surface area (Å²) in [5, 5.41) is 0. The Morgan fingerprint density at radius 2 is 1.94 bits per heavy atom. The monoisotopic (exact) mass is 397 g/mol. The van der Waals surface area contributed by atoms with Gasteiger partial charge in [-0.05, 0) is 34.1 Å². The zero-order valence-corrected chi connectivity index (χ0v) is 13.9. The van der Waals surface area contributed by atoms with Crippen LogP contribution < -0.4 is 4.72 Å². The zero-order chi connectivity index (χ0) is 13.9. The Bertz CT molecular complexity index is 555. The first-order valence-electron chi connectivity index (χ1n) is 5.21. The predicted molar refractivity (Wildman–Crippen MR) is 76.9 cm³/mol. The third-order valence-corrected chi connectivity index (χ3v) is 5.15. The van der Waals surface area contributed by atoms with E-state index in [9.17, 15) is 13.2 Å². The molecule has 0 spiro atoms. The van der Waals surface area contributed by atoms with Crippen molar-refractivity contribution >= 4 is 47.7 Å². The highest BCUT2D eigenvalue weighted by Gasteiger charge is 2.19. The van der Waals surface area contributed by atoms with Crippen LogP contribution in [0.25, 0.3) is 0 Å². The van der Waals surface area contributed by atoms with E-state index >= 15 is 0 Å². The van der Waals surface area contributed by atoms with Gasteiger partial charge < -0.3 is 0 Å². The van der Waals surface area contributed by atoms with Gasteiger partial charge >= 0.3 is 0 Å². The van der Waals surface area contributed by atoms with Crippen molar-refractivity contribution in [2.75, 3.05) is 6.54 Å². The van der Waals surface area contributed by atoms with Gasteiger partial charge in [0.05, 0.1) is 11.4 Å². The quantitative estimate of drug-likeness (QED) is 0.829. The summed E-state index contributed by atoms with van der Waals surface area (Å²) in [6, 6.07) is 4.83. The maximum Gasteiger partial charge on any atom is 0.242 e. The van der Waals surface area contributed by atoms with E-state index in [0.717, 1.165) is 0 Å². The summed E-state index contributed by atoms with van der Waals surface area (Å²) < 4.78 is 27.4. The van der Waals surface area contributed by atoms with Gasteiger partial charge in [0.1, 0.15) is 5.78 Å². The molecule has 1 rings (SSSR count). The van der Waals surface area contributed by atoms with E-state index in [4.69, 9.17) is 0 Å². The fraction of sp³-hybridized carbons (Fsp3) is 0.364. The molecule has 100 valence electrons. The largest absolute Gasteiger partial charge is 0.298 e. The summed E-state index contributed by atoms with van der Waals surface area (Å²) in [5.41, 5.74) is 0. The Morgan fingerprint density at radius 1 is 1.33 bits per heavy atom. The number of halogens is 2. The highest BCUT2D eigenvalue weighted by molar-refractivity contribution is 9.11. The van der Waals surface area contributed by atoms with Gasteiger partial charge in [0.25, 0.3) is 0 Å². The number of rotatable bonds is 5. The lowest BCUT2D eigenvalue weighted by Gasteiger charge is -2.09. The number of ketones is 1. The minimum absolute atomic E-state index is 0.105. The van der Waals surface area contributed by atoms with Crippen molar-refractivity contribution in [1.29, 1.82) is 0 Å². The van der Waals surface area contributed by atoms with Crippen LogP contribution in [-0.4, -0.2) is 20.7 Å². The van der Waals surface area contributed by atoms with Crippen LogP contribution >= 0.6 is 31.9 Å². The molecule has 0 saturated heterocycles. The fourth-order valence-electron chi connectivity index (χ4n) is 1.13. The topological polar surface area (TPSA) is 63.2 Å². The first kappa shape index (κ1) is 15.8. The second kappa shape index (κ2) is 6.27. The molecule has 0 aliphatic heterocycles. The maximum atomic E-state index is 12.0. The summed E-state index contributed by atoms with van der Waals surface area (Å²) >= 11 is 6.39. The Morgan fingerprint density at radius 3 is 2.50 bits per heavy atom. The first-order valence-corrected chi connectivity index (χ1v) is 8.28. The second-order valence-corrected chi connectivity index (χ2v) is 7.53. The van der Waals surface area contributed by atoms with Crippen molar-refractivity contribution < 1.29 is 13.2 Å². The van der Waals surface area contributed by atoms with E-state index in [1.165, 1.54) is 6.07 Å². The molecule has 1 N–H and O–H groups in total. The molecule has 0 unspecified atom stereocenters. The van der Waals surface area contributed by atoms with Crippen LogP contribution in [0.1, 0.15) is 13.8 Å². The Kier molecular flexibility index (Phi) is 5.51. The van der Waals surface area contributed by atoms with Crippen LogP contribution in [0.3, 0.4) is 0 Å². The summed E-state index contributed by atoms with van der Waals surface area (Å²) in [6.45, 7) is 3.26. The summed E-state index contributed by atoms with van der Waals surface area (Å²) in [7, 11) is -3.69. The highest BCUT2D eigenvalue weighted by Crippen LogP contribution is 2.25. The van der Waals surface area contributed by atoms with Gasteiger partial charge in [-0.3, -0.25) is 4.79 Å². The summed E-state index contributed by atoms with van der Waals surface area (Å²) in [6.07, 6.45) is 0. The lowest BCUT2D eigenvalue weighted by Crippen LogP contribution is -2.31. The van der Waals surface area contributed by atoms with Crippen LogP contribution in [0.15, 0.2) is 32.0 Å². The average Bonchev–Trinajstić information content (AvgIpc) is 2.29. The molecule has 0 aliphatic rings. The van der Waals surface area contributed by atoms with Crippen LogP contribution in [0, 0.1) is 5.92 Å². The van der Waals surface area contributed by atoms with Gasteiger partial charge in [0.2, 0.25) is 10.0 Å². The molecule has 4 nitrogen and oxygen atoms in total. The molecule has 1 aromatic rings. The molecular formula is C11H13Br2NO3S. The zero-order valence-electron chi connectivity index (χ0n) is 9.91. The molecule has 18 heavy (non-hydrogen) atoms. The number of carbonyl (C=O) groups is 1. The minimum atomic E-state index is -3.69. The fourth-order valence-corrected chi connectivity index (χ4v) is 3.62. The third-order valence-electron chi connectivity index (χ3n) is 2.26. The minimum Gasteiger partial charge on any atom is -0.298 e. The molecular weight excluding hydrogens is 386 g/mol. The second-order valence-electron chi connectivity index (χ2n) is 4.02. The average molecular weight is 399 g/mol. The van der Waals surface area contributed by atoms with E-state index in [1.54, 1.807) is 26.0 Å². The van der Waals surface area contributed by atoms with Gasteiger partial charge in [-0.25, -0.2) is 13.1 Å². The molecule has 1 aromatic carbocycles. The molecule has 0 aromatic heterocycles. The van der Waals surface area contributed by atoms with Crippen molar-refractivity contribution in [3.05, 3.63) is 27.1 Å². The smallest absolute Gasteiger partial charge is 0.242 e. The number of benzene rings is 1. The molecule has 0 amide bonds. The first-order chi connectivity index (χ1) is 8.24. The Hall–Kier alpha value is -0.240. The molecule has 7 heteroatoms. The van der Waals surface area contributed by atoms with Crippen LogP contribution in [0.4, 0.5) is 0 Å². The number of nitrogens with one attached hydrogen (secondary N) is 1. The molecule has 0 bridgehead atoms. The number of carbonyl (C=O) groups excluding carboxylic acids is 1. The number of sulfonamides is 1. The van der Waals surface area contributed by atoms with Gasteiger partial charge in [0, 0.05) is 14.9 Å². The maximum absolute atomic E-state index is 12.0. The van der Waals surface area contributed by atoms with E-state index in [0.29, 0.717) is 8.95 Å². The molecule has 0 fully saturated rings. The molecule has 0 heterocycles. The lowest BCUT2D eigenvalue weighted by atomic mass is 10.1. The van der Waals surface area contributed by atoms with Crippen molar-refractivity contribution in [2.45, 2.75) is 18.7 Å². The molecule has 0 saturated carbocycles. The van der Waals surface area contributed by atoms with Gasteiger partial charge in [-0.2, -0.15) is 0 Å². The van der Waals surface area contributed by atoms with Crippen LogP contribution in [0.5, 0.6) is 0 Å². The standard InChI is InChI=1S/C11H13Br2NO3S/c1-7(2)10(15)6-14-18(16,17)11-5-8(12)3-4-9(11)13/h3-5,7,14H,6H2,1-2H3. The lowest BCUT2D eigenvalue weighted by molar-refractivity contribution is -0.120. The predicted octanol–water partition coefficient (Wildman–Crippen LogP) is 2.72. The van der Waals surface area contributed by atoms with Gasteiger partial charge in [-0.15, -0.1) is 0 Å². The van der Waals surface area contributed by atoms with E-state index in [1.807, 2.05) is 0 Å². The van der Waals surface area contributed by atoms with Gasteiger partial charge in [0.15, 0.2) is 0 Å². The van der Waals surface area contributed by atoms with E-state index < -0.39 is 10.0 Å². The Balaban J connectivity index is 2.93. The molecule has 0 aliphatic carbocycles. The van der Waals surface area contributed by atoms with Crippen molar-refractivity contribution in [3.63, 3.8) is 0 Å². The number of hydrogen-bond acceptors (Lipinski definition) is 3. The molecule has 0 radical (unpaired) electrons. The SMILES string of the molecule is CC(C)C(=O)CNS(=O)(=O)c1cc(Br)ccc1Br. The van der Waals surface area contributed by atoms with Crippen molar-refractivity contribution in [1.82, 2.24) is 4.72 Å².